The van der Waals surface area contributed by atoms with Crippen molar-refractivity contribution >= 4 is 41.2 Å². The molecule has 0 amide bonds. The molecule has 0 aromatic heterocycles. The third kappa shape index (κ3) is 34.8. The number of carbonyl (C=O) groups excluding carboxylic acids is 3. The molecule has 0 aromatic rings. The van der Waals surface area contributed by atoms with Gasteiger partial charge in [0.1, 0.15) is 48.5 Å². The summed E-state index contributed by atoms with van der Waals surface area (Å²) in [6, 6.07) is 0. The van der Waals surface area contributed by atoms with E-state index in [4.69, 9.17) is 18.5 Å². The van der Waals surface area contributed by atoms with E-state index in [1.54, 1.807) is 0 Å². The number of aliphatic hydroxyl groups is 3. The SMILES string of the molecule is CCCCCCCCCCCCCCCC(=O)O[C@@H](COP(=O)(O)OC1C(O)[C@H](O)C(OP(=O)(O)O)[C@H](OP(=O)(O)O)[C@@H]1O)CC(=O)OCCCCCCCCCCCCCCCCC(=O)CCC. The summed E-state index contributed by atoms with van der Waals surface area (Å²) >= 11 is 0. The van der Waals surface area contributed by atoms with Crippen LogP contribution in [-0.4, -0.2) is 113 Å². The Labute approximate surface area is 410 Å². The summed E-state index contributed by atoms with van der Waals surface area (Å²) in [6.45, 7) is 3.37. The van der Waals surface area contributed by atoms with E-state index in [9.17, 15) is 67.9 Å². The highest BCUT2D eigenvalue weighted by atomic mass is 31.2. The van der Waals surface area contributed by atoms with Gasteiger partial charge in [-0.25, -0.2) is 13.7 Å². The summed E-state index contributed by atoms with van der Waals surface area (Å²) in [6.07, 6.45) is 14.6. The highest BCUT2D eigenvalue weighted by molar-refractivity contribution is 7.47. The van der Waals surface area contributed by atoms with Crippen molar-refractivity contribution in [2.45, 2.75) is 262 Å². The molecule has 0 aliphatic heterocycles. The molecule has 0 radical (unpaired) electrons. The van der Waals surface area contributed by atoms with Gasteiger partial charge in [0.15, 0.2) is 0 Å². The van der Waals surface area contributed by atoms with Crippen molar-refractivity contribution in [3.8, 4) is 0 Å². The molecule has 0 bridgehead atoms. The molecule has 1 aliphatic carbocycles. The van der Waals surface area contributed by atoms with Crippen molar-refractivity contribution in [3.63, 3.8) is 0 Å². The Hall–Kier alpha value is -1.18. The summed E-state index contributed by atoms with van der Waals surface area (Å²) in [5, 5.41) is 31.9. The molecule has 0 saturated heterocycles. The second-order valence-electron chi connectivity index (χ2n) is 18.4. The summed E-state index contributed by atoms with van der Waals surface area (Å²) in [5.74, 6) is -1.13. The molecule has 20 nitrogen and oxygen atoms in total. The van der Waals surface area contributed by atoms with Crippen LogP contribution in [0.25, 0.3) is 0 Å². The molecule has 1 saturated carbocycles. The van der Waals surface area contributed by atoms with Crippen LogP contribution in [0.4, 0.5) is 0 Å². The standard InChI is InChI=1S/C46H89O20P3/c1-3-5-6-7-8-9-10-13-17-20-23-26-29-33-39(48)63-38(35-40(49)61-34-30-27-24-21-18-15-12-11-14-16-19-22-25-28-32-37(47)31-4-2)36-62-69(59,60)66-44-41(50)42(51)45(64-67(53,54)55)46(43(44)52)65-68(56,57)58/h38,41-46,50-52H,3-36H2,1-2H3,(H,59,60)(H2,53,54,55)(H2,56,57,58)/t38-,41?,42+,43-,44?,45?,46-/m1/s1. The zero-order valence-corrected chi connectivity index (χ0v) is 44.1. The van der Waals surface area contributed by atoms with Gasteiger partial charge in [0.25, 0.3) is 0 Å². The number of esters is 2. The van der Waals surface area contributed by atoms with Crippen LogP contribution >= 0.6 is 23.5 Å². The minimum Gasteiger partial charge on any atom is -0.466 e. The number of ketones is 1. The zero-order chi connectivity index (χ0) is 51.6. The average Bonchev–Trinajstić information content (AvgIpc) is 3.26. The number of rotatable bonds is 45. The van der Waals surface area contributed by atoms with Crippen LogP contribution in [-0.2, 0) is 55.6 Å². The minimum absolute atomic E-state index is 0.0160. The van der Waals surface area contributed by atoms with E-state index in [-0.39, 0.29) is 13.0 Å². The number of ether oxygens (including phenoxy) is 2. The molecular weight excluding hydrogens is 965 g/mol. The van der Waals surface area contributed by atoms with Gasteiger partial charge in [-0.1, -0.05) is 168 Å². The minimum atomic E-state index is -5.61. The third-order valence-corrected chi connectivity index (χ3v) is 14.1. The lowest BCUT2D eigenvalue weighted by molar-refractivity contribution is -0.213. The van der Waals surface area contributed by atoms with Crippen molar-refractivity contribution < 1.29 is 95.4 Å². The number of phosphoric acid groups is 3. The van der Waals surface area contributed by atoms with Gasteiger partial charge in [-0.2, -0.15) is 0 Å². The first-order chi connectivity index (χ1) is 32.7. The van der Waals surface area contributed by atoms with E-state index in [0.717, 1.165) is 83.5 Å². The van der Waals surface area contributed by atoms with E-state index in [1.165, 1.54) is 83.5 Å². The maximum Gasteiger partial charge on any atom is 0.472 e. The maximum absolute atomic E-state index is 13.1. The van der Waals surface area contributed by atoms with Crippen molar-refractivity contribution in [1.29, 1.82) is 0 Å². The van der Waals surface area contributed by atoms with Gasteiger partial charge in [-0.15, -0.1) is 0 Å². The molecule has 0 spiro atoms. The largest absolute Gasteiger partial charge is 0.472 e. The maximum atomic E-state index is 13.1. The molecule has 69 heavy (non-hydrogen) atoms. The van der Waals surface area contributed by atoms with Crippen LogP contribution in [0.1, 0.15) is 219 Å². The van der Waals surface area contributed by atoms with Crippen molar-refractivity contribution in [1.82, 2.24) is 0 Å². The van der Waals surface area contributed by atoms with Crippen LogP contribution in [0.5, 0.6) is 0 Å². The van der Waals surface area contributed by atoms with E-state index >= 15 is 0 Å². The summed E-state index contributed by atoms with van der Waals surface area (Å²) in [7, 11) is -16.6. The topological polar surface area (TPSA) is 320 Å². The van der Waals surface area contributed by atoms with Crippen molar-refractivity contribution in [3.05, 3.63) is 0 Å². The van der Waals surface area contributed by atoms with Crippen LogP contribution in [0.2, 0.25) is 0 Å². The number of Topliss-reactive ketones (excluding diaryl/α,β-unsaturated/α-hetero) is 1. The first-order valence-corrected chi connectivity index (χ1v) is 30.3. The Morgan fingerprint density at radius 1 is 0.449 bits per heavy atom. The Morgan fingerprint density at radius 3 is 1.28 bits per heavy atom. The fraction of sp³-hybridized carbons (Fsp3) is 0.935. The fourth-order valence-corrected chi connectivity index (χ4v) is 10.4. The zero-order valence-electron chi connectivity index (χ0n) is 41.4. The lowest BCUT2D eigenvalue weighted by Gasteiger charge is -2.44. The Morgan fingerprint density at radius 2 is 0.841 bits per heavy atom. The van der Waals surface area contributed by atoms with Gasteiger partial charge in [0.2, 0.25) is 0 Å². The van der Waals surface area contributed by atoms with E-state index in [1.807, 2.05) is 6.92 Å². The fourth-order valence-electron chi connectivity index (χ4n) is 8.26. The number of unbranched alkanes of at least 4 members (excludes halogenated alkanes) is 25. The Bertz CT molecular complexity index is 1510. The predicted molar refractivity (Wildman–Crippen MR) is 257 cm³/mol. The van der Waals surface area contributed by atoms with Gasteiger partial charge >= 0.3 is 35.4 Å². The highest BCUT2D eigenvalue weighted by Crippen LogP contribution is 2.51. The summed E-state index contributed by atoms with van der Waals surface area (Å²) < 4.78 is 65.6. The molecule has 4 unspecified atom stereocenters. The van der Waals surface area contributed by atoms with Gasteiger partial charge in [-0.3, -0.25) is 32.5 Å². The molecule has 0 heterocycles. The van der Waals surface area contributed by atoms with Crippen molar-refractivity contribution in [2.24, 2.45) is 0 Å². The first kappa shape index (κ1) is 65.8. The molecule has 1 rings (SSSR count). The van der Waals surface area contributed by atoms with E-state index in [2.05, 4.69) is 16.0 Å². The normalized spacial score (nSPS) is 21.2. The van der Waals surface area contributed by atoms with Gasteiger partial charge in [0, 0.05) is 19.3 Å². The summed E-state index contributed by atoms with van der Waals surface area (Å²) in [4.78, 5) is 85.1. The first-order valence-electron chi connectivity index (χ1n) is 25.7. The number of hydrogen-bond acceptors (Lipinski definition) is 15. The lowest BCUT2D eigenvalue weighted by Crippen LogP contribution is -2.65. The molecule has 8 N–H and O–H groups in total. The summed E-state index contributed by atoms with van der Waals surface area (Å²) in [5.41, 5.74) is 0. The number of carbonyl (C=O) groups is 3. The lowest BCUT2D eigenvalue weighted by atomic mass is 9.85. The van der Waals surface area contributed by atoms with Gasteiger partial charge in [0.05, 0.1) is 19.6 Å². The number of phosphoric ester groups is 3. The predicted octanol–water partition coefficient (Wildman–Crippen LogP) is 9.09. The Balaban J connectivity index is 2.65. The van der Waals surface area contributed by atoms with Crippen LogP contribution in [0.3, 0.4) is 0 Å². The molecular formula is C46H89O20P3. The molecule has 1 fully saturated rings. The van der Waals surface area contributed by atoms with Crippen LogP contribution in [0, 0.1) is 0 Å². The second kappa shape index (κ2) is 38.4. The van der Waals surface area contributed by atoms with Crippen LogP contribution < -0.4 is 0 Å². The molecule has 8 atom stereocenters. The quantitative estimate of drug-likeness (QED) is 0.0160. The van der Waals surface area contributed by atoms with Crippen molar-refractivity contribution in [2.75, 3.05) is 13.2 Å². The second-order valence-corrected chi connectivity index (χ2v) is 22.2. The molecule has 408 valence electrons. The monoisotopic (exact) mass is 1050 g/mol. The highest BCUT2D eigenvalue weighted by Gasteiger charge is 2.56. The molecule has 0 aromatic carbocycles. The van der Waals surface area contributed by atoms with E-state index < -0.39 is 91.2 Å². The smallest absolute Gasteiger partial charge is 0.466 e. The third-order valence-electron chi connectivity index (χ3n) is 12.0. The number of hydrogen-bond donors (Lipinski definition) is 8. The van der Waals surface area contributed by atoms with Gasteiger partial charge < -0.3 is 49.3 Å². The molecule has 23 heteroatoms. The van der Waals surface area contributed by atoms with E-state index in [0.29, 0.717) is 31.5 Å². The number of aliphatic hydroxyl groups excluding tert-OH is 3. The van der Waals surface area contributed by atoms with Gasteiger partial charge in [-0.05, 0) is 25.7 Å². The molecule has 1 aliphatic rings. The van der Waals surface area contributed by atoms with Crippen LogP contribution in [0.15, 0.2) is 0 Å². The average molecular weight is 1060 g/mol. The Kier molecular flexibility index (Phi) is 36.6.